The van der Waals surface area contributed by atoms with Crippen molar-refractivity contribution in [3.63, 3.8) is 0 Å². The number of hydrogen-bond acceptors (Lipinski definition) is 4. The summed E-state index contributed by atoms with van der Waals surface area (Å²) in [6.07, 6.45) is 8.62. The molecule has 0 amide bonds. The van der Waals surface area contributed by atoms with Crippen LogP contribution in [0.5, 0.6) is 0 Å². The van der Waals surface area contributed by atoms with Crippen LogP contribution in [0.3, 0.4) is 0 Å². The van der Waals surface area contributed by atoms with Crippen LogP contribution < -0.4 is 34.7 Å². The summed E-state index contributed by atoms with van der Waals surface area (Å²) in [7, 11) is -4.41. The molecule has 0 unspecified atom stereocenters. The SMILES string of the molecule is C[C@]12CC[C@H]3[C@@H](CCC4=C[C@@H](OS(=O)(=O)O)CC[C@@]43C)[C@@H]1CC[C@@H]2[O-].[Na+]. The fourth-order valence-electron chi connectivity index (χ4n) is 6.88. The van der Waals surface area contributed by atoms with E-state index in [1.54, 1.807) is 0 Å². The predicted octanol–water partition coefficient (Wildman–Crippen LogP) is -0.130. The van der Waals surface area contributed by atoms with E-state index in [2.05, 4.69) is 13.8 Å². The van der Waals surface area contributed by atoms with Gasteiger partial charge in [-0.05, 0) is 67.1 Å². The van der Waals surface area contributed by atoms with Gasteiger partial charge in [0.2, 0.25) is 0 Å². The minimum atomic E-state index is -4.41. The van der Waals surface area contributed by atoms with Crippen LogP contribution in [0, 0.1) is 28.6 Å². The maximum Gasteiger partial charge on any atom is 1.00 e. The third-order valence-electron chi connectivity index (χ3n) is 8.23. The average molecular weight is 392 g/mol. The fraction of sp³-hybridized carbons (Fsp3) is 0.895. The van der Waals surface area contributed by atoms with E-state index in [0.29, 0.717) is 24.2 Å². The van der Waals surface area contributed by atoms with Crippen molar-refractivity contribution >= 4 is 10.4 Å². The van der Waals surface area contributed by atoms with E-state index in [9.17, 15) is 13.5 Å². The molecule has 0 aromatic carbocycles. The van der Waals surface area contributed by atoms with Crippen LogP contribution in [-0.4, -0.2) is 25.2 Å². The minimum absolute atomic E-state index is 0. The molecule has 0 heterocycles. The van der Waals surface area contributed by atoms with Crippen molar-refractivity contribution in [1.82, 2.24) is 0 Å². The molecule has 5 nitrogen and oxygen atoms in total. The van der Waals surface area contributed by atoms with Crippen molar-refractivity contribution in [2.75, 3.05) is 0 Å². The molecule has 0 radical (unpaired) electrons. The van der Waals surface area contributed by atoms with Crippen LogP contribution in [0.15, 0.2) is 11.6 Å². The Bertz CT molecular complexity index is 692. The Hall–Kier alpha value is 0.570. The summed E-state index contributed by atoms with van der Waals surface area (Å²) in [5.41, 5.74) is 1.36. The fourth-order valence-corrected chi connectivity index (χ4v) is 7.34. The molecule has 0 spiro atoms. The Balaban J connectivity index is 0.00000196. The molecule has 4 rings (SSSR count). The van der Waals surface area contributed by atoms with Crippen LogP contribution in [0.2, 0.25) is 0 Å². The molecule has 26 heavy (non-hydrogen) atoms. The molecule has 4 aliphatic rings. The first-order chi connectivity index (χ1) is 11.6. The van der Waals surface area contributed by atoms with Crippen molar-refractivity contribution in [2.45, 2.75) is 77.4 Å². The topological polar surface area (TPSA) is 86.7 Å². The standard InChI is InChI=1S/C19H29O5S.Na/c1-18-9-7-13(24-25(21,22)23)11-12(18)3-4-14-15-5-6-17(20)19(15,2)10-8-16(14)18;/h11,13-17H,3-10H2,1-2H3,(H,21,22,23);/q-1;+1/t13-,14-,15-,16-,17-,18-,19-;/m0./s1. The number of rotatable bonds is 2. The molecule has 0 aliphatic heterocycles. The van der Waals surface area contributed by atoms with Crippen LogP contribution in [0.1, 0.15) is 65.2 Å². The third kappa shape index (κ3) is 3.38. The van der Waals surface area contributed by atoms with Crippen LogP contribution in [0.25, 0.3) is 0 Å². The third-order valence-corrected chi connectivity index (χ3v) is 8.72. The summed E-state index contributed by atoms with van der Waals surface area (Å²) in [6.45, 7) is 4.55. The summed E-state index contributed by atoms with van der Waals surface area (Å²) in [6, 6.07) is 0. The smallest absolute Gasteiger partial charge is 0.852 e. The van der Waals surface area contributed by atoms with Gasteiger partial charge < -0.3 is 5.11 Å². The van der Waals surface area contributed by atoms with Gasteiger partial charge in [-0.1, -0.05) is 38.3 Å². The van der Waals surface area contributed by atoms with Gasteiger partial charge in [0.1, 0.15) is 0 Å². The second kappa shape index (κ2) is 7.12. The van der Waals surface area contributed by atoms with Gasteiger partial charge in [-0.25, -0.2) is 4.18 Å². The second-order valence-electron chi connectivity index (χ2n) is 9.24. The van der Waals surface area contributed by atoms with Gasteiger partial charge in [-0.2, -0.15) is 8.42 Å². The summed E-state index contributed by atoms with van der Waals surface area (Å²) < 4.78 is 35.8. The molecule has 4 aliphatic carbocycles. The largest absolute Gasteiger partial charge is 1.00 e. The molecule has 0 bridgehead atoms. The molecule has 0 aromatic heterocycles. The molecular formula is C19H29NaO5S. The second-order valence-corrected chi connectivity index (χ2v) is 10.3. The maximum absolute atomic E-state index is 12.5. The van der Waals surface area contributed by atoms with E-state index >= 15 is 0 Å². The Morgan fingerprint density at radius 2 is 1.85 bits per heavy atom. The Labute approximate surface area is 179 Å². The Morgan fingerprint density at radius 3 is 2.54 bits per heavy atom. The average Bonchev–Trinajstić information content (AvgIpc) is 2.82. The first kappa shape index (κ1) is 21.3. The van der Waals surface area contributed by atoms with Gasteiger partial charge in [0, 0.05) is 0 Å². The predicted molar refractivity (Wildman–Crippen MR) is 91.9 cm³/mol. The molecule has 3 saturated carbocycles. The Kier molecular flexibility index (Phi) is 5.83. The quantitative estimate of drug-likeness (QED) is 0.402. The molecule has 0 saturated heterocycles. The van der Waals surface area contributed by atoms with Crippen molar-refractivity contribution in [2.24, 2.45) is 28.6 Å². The first-order valence-corrected chi connectivity index (χ1v) is 11.0. The zero-order valence-electron chi connectivity index (χ0n) is 16.1. The van der Waals surface area contributed by atoms with E-state index in [0.717, 1.165) is 44.9 Å². The van der Waals surface area contributed by atoms with Crippen LogP contribution in [0.4, 0.5) is 0 Å². The van der Waals surface area contributed by atoms with Crippen molar-refractivity contribution in [3.8, 4) is 0 Å². The number of hydrogen-bond donors (Lipinski definition) is 1. The summed E-state index contributed by atoms with van der Waals surface area (Å²) in [5.74, 6) is 1.76. The van der Waals surface area contributed by atoms with Crippen LogP contribution in [-0.2, 0) is 14.6 Å². The number of allylic oxidation sites excluding steroid dienone is 1. The van der Waals surface area contributed by atoms with Gasteiger partial charge in [0.25, 0.3) is 0 Å². The molecule has 0 aromatic rings. The van der Waals surface area contributed by atoms with Gasteiger partial charge in [0.05, 0.1) is 6.10 Å². The van der Waals surface area contributed by atoms with Gasteiger partial charge in [0.15, 0.2) is 0 Å². The van der Waals surface area contributed by atoms with E-state index in [-0.39, 0.29) is 40.4 Å². The van der Waals surface area contributed by atoms with E-state index in [4.69, 9.17) is 8.74 Å². The molecule has 3 fully saturated rings. The van der Waals surface area contributed by atoms with Gasteiger partial charge in [-0.15, -0.1) is 6.10 Å². The first-order valence-electron chi connectivity index (χ1n) is 9.66. The zero-order chi connectivity index (χ0) is 18.0. The van der Waals surface area contributed by atoms with E-state index in [1.165, 1.54) is 5.57 Å². The summed E-state index contributed by atoms with van der Waals surface area (Å²) in [5, 5.41) is 12.5. The van der Waals surface area contributed by atoms with E-state index in [1.807, 2.05) is 6.08 Å². The zero-order valence-corrected chi connectivity index (χ0v) is 18.9. The summed E-state index contributed by atoms with van der Waals surface area (Å²) >= 11 is 0. The molecule has 142 valence electrons. The minimum Gasteiger partial charge on any atom is -0.852 e. The normalized spacial score (nSPS) is 47.8. The Morgan fingerprint density at radius 1 is 1.12 bits per heavy atom. The van der Waals surface area contributed by atoms with Gasteiger partial charge in [-0.3, -0.25) is 4.55 Å². The molecular weight excluding hydrogens is 363 g/mol. The summed E-state index contributed by atoms with van der Waals surface area (Å²) in [4.78, 5) is 0. The van der Waals surface area contributed by atoms with Crippen molar-refractivity contribution < 1.29 is 51.8 Å². The maximum atomic E-state index is 12.5. The van der Waals surface area contributed by atoms with Crippen molar-refractivity contribution in [3.05, 3.63) is 11.6 Å². The van der Waals surface area contributed by atoms with Crippen molar-refractivity contribution in [1.29, 1.82) is 0 Å². The molecule has 1 N–H and O–H groups in total. The van der Waals surface area contributed by atoms with Crippen LogP contribution >= 0.6 is 0 Å². The monoisotopic (exact) mass is 392 g/mol. The van der Waals surface area contributed by atoms with Gasteiger partial charge >= 0.3 is 40.0 Å². The van der Waals surface area contributed by atoms with E-state index < -0.39 is 22.6 Å². The molecule has 7 heteroatoms. The number of fused-ring (bicyclic) bond motifs is 5. The molecule has 7 atom stereocenters.